The van der Waals surface area contributed by atoms with Crippen LogP contribution in [-0.4, -0.2) is 16.3 Å². The van der Waals surface area contributed by atoms with Crippen LogP contribution < -0.4 is 0 Å². The summed E-state index contributed by atoms with van der Waals surface area (Å²) in [5, 5.41) is 10.4. The first-order valence-electron chi connectivity index (χ1n) is 7.19. The average Bonchev–Trinajstić information content (AvgIpc) is 2.46. The highest BCUT2D eigenvalue weighted by Gasteiger charge is 2.34. The number of carboxylic acid groups (broad SMARTS) is 1. The molecule has 2 nitrogen and oxygen atoms in total. The molecule has 3 unspecified atom stereocenters. The van der Waals surface area contributed by atoms with Crippen molar-refractivity contribution >= 4 is 29.3 Å². The quantitative estimate of drug-likeness (QED) is 0.844. The lowest BCUT2D eigenvalue weighted by Gasteiger charge is -2.33. The van der Waals surface area contributed by atoms with Crippen molar-refractivity contribution in [1.29, 1.82) is 0 Å². The van der Waals surface area contributed by atoms with Gasteiger partial charge in [0.05, 0.1) is 5.92 Å². The Hall–Kier alpha value is -0.670. The predicted octanol–water partition coefficient (Wildman–Crippen LogP) is 4.85. The molecular weight excluding hydrogens is 292 g/mol. The maximum absolute atomic E-state index is 11.4. The number of hydrogen-bond donors (Lipinski definition) is 1. The summed E-state index contributed by atoms with van der Waals surface area (Å²) in [6, 6.07) is 7.81. The van der Waals surface area contributed by atoms with Crippen molar-refractivity contribution in [1.82, 2.24) is 0 Å². The first-order valence-corrected chi connectivity index (χ1v) is 8.62. The topological polar surface area (TPSA) is 37.3 Å². The molecule has 110 valence electrons. The summed E-state index contributed by atoms with van der Waals surface area (Å²) >= 11 is 7.92. The van der Waals surface area contributed by atoms with Gasteiger partial charge < -0.3 is 5.11 Å². The summed E-state index contributed by atoms with van der Waals surface area (Å²) < 4.78 is 0. The number of benzene rings is 1. The maximum Gasteiger partial charge on any atom is 0.307 e. The monoisotopic (exact) mass is 312 g/mol. The van der Waals surface area contributed by atoms with Crippen molar-refractivity contribution in [3.63, 3.8) is 0 Å². The van der Waals surface area contributed by atoms with Gasteiger partial charge in [-0.25, -0.2) is 0 Å². The highest BCUT2D eigenvalue weighted by atomic mass is 35.5. The first-order chi connectivity index (χ1) is 9.61. The van der Waals surface area contributed by atoms with E-state index in [0.717, 1.165) is 42.0 Å². The zero-order valence-electron chi connectivity index (χ0n) is 11.7. The molecule has 0 radical (unpaired) electrons. The Bertz CT molecular complexity index is 464. The number of rotatable bonds is 5. The molecule has 4 heteroatoms. The van der Waals surface area contributed by atoms with Crippen LogP contribution in [0.15, 0.2) is 24.3 Å². The number of hydrogen-bond acceptors (Lipinski definition) is 2. The van der Waals surface area contributed by atoms with Gasteiger partial charge in [0.15, 0.2) is 0 Å². The van der Waals surface area contributed by atoms with Crippen molar-refractivity contribution in [2.24, 2.45) is 11.8 Å². The van der Waals surface area contributed by atoms with Gasteiger partial charge in [0.25, 0.3) is 0 Å². The van der Waals surface area contributed by atoms with E-state index in [0.29, 0.717) is 5.92 Å². The molecule has 1 saturated carbocycles. The number of halogens is 1. The summed E-state index contributed by atoms with van der Waals surface area (Å²) in [5.41, 5.74) is 1.10. The molecule has 0 aromatic heterocycles. The van der Waals surface area contributed by atoms with Crippen LogP contribution in [0.3, 0.4) is 0 Å². The number of carboxylic acids is 1. The Kier molecular flexibility index (Phi) is 5.79. The van der Waals surface area contributed by atoms with Crippen molar-refractivity contribution in [3.05, 3.63) is 34.9 Å². The van der Waals surface area contributed by atoms with Crippen LogP contribution in [0.25, 0.3) is 0 Å². The molecule has 0 saturated heterocycles. The summed E-state index contributed by atoms with van der Waals surface area (Å²) in [4.78, 5) is 11.4. The largest absolute Gasteiger partial charge is 0.481 e. The van der Waals surface area contributed by atoms with Gasteiger partial charge in [0.1, 0.15) is 0 Å². The second-order valence-corrected chi connectivity index (χ2v) is 7.11. The SMILES string of the molecule is CCC1CCC(C(=O)O)C(SCc2ccccc2Cl)C1. The summed E-state index contributed by atoms with van der Waals surface area (Å²) in [7, 11) is 0. The van der Waals surface area contributed by atoms with Gasteiger partial charge in [-0.05, 0) is 36.8 Å². The lowest BCUT2D eigenvalue weighted by atomic mass is 9.80. The van der Waals surface area contributed by atoms with E-state index >= 15 is 0 Å². The molecule has 0 spiro atoms. The molecule has 1 fully saturated rings. The minimum atomic E-state index is -0.642. The Morgan fingerprint density at radius 3 is 2.80 bits per heavy atom. The molecule has 1 aliphatic carbocycles. The van der Waals surface area contributed by atoms with Crippen LogP contribution in [0.2, 0.25) is 5.02 Å². The standard InChI is InChI=1S/C16H21ClO2S/c1-2-11-7-8-13(16(18)19)15(9-11)20-10-12-5-3-4-6-14(12)17/h3-6,11,13,15H,2,7-10H2,1H3,(H,18,19). The normalized spacial score (nSPS) is 26.4. The lowest BCUT2D eigenvalue weighted by Crippen LogP contribution is -2.32. The van der Waals surface area contributed by atoms with E-state index < -0.39 is 5.97 Å². The Balaban J connectivity index is 2.00. The van der Waals surface area contributed by atoms with E-state index in [2.05, 4.69) is 6.92 Å². The molecule has 3 atom stereocenters. The lowest BCUT2D eigenvalue weighted by molar-refractivity contribution is -0.142. The van der Waals surface area contributed by atoms with Gasteiger partial charge in [-0.15, -0.1) is 0 Å². The zero-order chi connectivity index (χ0) is 14.5. The molecule has 20 heavy (non-hydrogen) atoms. The van der Waals surface area contributed by atoms with Gasteiger partial charge >= 0.3 is 5.97 Å². The van der Waals surface area contributed by atoms with Crippen molar-refractivity contribution in [3.8, 4) is 0 Å². The van der Waals surface area contributed by atoms with Gasteiger partial charge in [-0.1, -0.05) is 43.1 Å². The highest BCUT2D eigenvalue weighted by molar-refractivity contribution is 7.99. The third-order valence-electron chi connectivity index (χ3n) is 4.21. The maximum atomic E-state index is 11.4. The van der Waals surface area contributed by atoms with Gasteiger partial charge in [0.2, 0.25) is 0 Å². The van der Waals surface area contributed by atoms with Crippen LogP contribution in [-0.2, 0) is 10.5 Å². The highest BCUT2D eigenvalue weighted by Crippen LogP contribution is 2.39. The third kappa shape index (κ3) is 3.92. The molecular formula is C16H21ClO2S. The first kappa shape index (κ1) is 15.7. The van der Waals surface area contributed by atoms with Crippen molar-refractivity contribution in [2.45, 2.75) is 43.6 Å². The average molecular weight is 313 g/mol. The molecule has 1 aliphatic rings. The van der Waals surface area contributed by atoms with E-state index in [-0.39, 0.29) is 11.2 Å². The van der Waals surface area contributed by atoms with Gasteiger partial charge in [-0.2, -0.15) is 11.8 Å². The zero-order valence-corrected chi connectivity index (χ0v) is 13.3. The van der Waals surface area contributed by atoms with Gasteiger partial charge in [-0.3, -0.25) is 4.79 Å². The van der Waals surface area contributed by atoms with Gasteiger partial charge in [0, 0.05) is 16.0 Å². The molecule has 2 rings (SSSR count). The van der Waals surface area contributed by atoms with E-state index in [9.17, 15) is 9.90 Å². The molecule has 1 aromatic carbocycles. The summed E-state index contributed by atoms with van der Waals surface area (Å²) in [5.74, 6) is 0.626. The second-order valence-electron chi connectivity index (χ2n) is 5.47. The van der Waals surface area contributed by atoms with E-state index in [1.165, 1.54) is 0 Å². The fourth-order valence-electron chi connectivity index (χ4n) is 2.86. The number of thioether (sulfide) groups is 1. The van der Waals surface area contributed by atoms with Crippen molar-refractivity contribution < 1.29 is 9.90 Å². The summed E-state index contributed by atoms with van der Waals surface area (Å²) in [6.45, 7) is 2.20. The molecule has 0 bridgehead atoms. The number of carbonyl (C=O) groups is 1. The van der Waals surface area contributed by atoms with Crippen LogP contribution >= 0.6 is 23.4 Å². The Morgan fingerprint density at radius 1 is 1.40 bits per heavy atom. The third-order valence-corrected chi connectivity index (χ3v) is 6.00. The predicted molar refractivity (Wildman–Crippen MR) is 85.3 cm³/mol. The fourth-order valence-corrected chi connectivity index (χ4v) is 4.68. The van der Waals surface area contributed by atoms with Crippen LogP contribution in [0, 0.1) is 11.8 Å². The molecule has 0 amide bonds. The van der Waals surface area contributed by atoms with E-state index in [1.807, 2.05) is 24.3 Å². The molecule has 0 heterocycles. The Labute approximate surface area is 129 Å². The smallest absolute Gasteiger partial charge is 0.307 e. The number of aliphatic carboxylic acids is 1. The minimum absolute atomic E-state index is 0.203. The van der Waals surface area contributed by atoms with E-state index in [4.69, 9.17) is 11.6 Å². The minimum Gasteiger partial charge on any atom is -0.481 e. The molecule has 0 aliphatic heterocycles. The van der Waals surface area contributed by atoms with Crippen LogP contribution in [0.1, 0.15) is 38.2 Å². The van der Waals surface area contributed by atoms with Crippen LogP contribution in [0.5, 0.6) is 0 Å². The fraction of sp³-hybridized carbons (Fsp3) is 0.562. The summed E-state index contributed by atoms with van der Waals surface area (Å²) in [6.07, 6.45) is 4.03. The second kappa shape index (κ2) is 7.37. The molecule has 1 N–H and O–H groups in total. The molecule has 1 aromatic rings. The van der Waals surface area contributed by atoms with E-state index in [1.54, 1.807) is 11.8 Å². The Morgan fingerprint density at radius 2 is 2.15 bits per heavy atom. The van der Waals surface area contributed by atoms with Crippen molar-refractivity contribution in [2.75, 3.05) is 0 Å². The van der Waals surface area contributed by atoms with Crippen LogP contribution in [0.4, 0.5) is 0 Å².